The molecule has 1 aliphatic heterocycles. The van der Waals surface area contributed by atoms with E-state index in [0.29, 0.717) is 16.8 Å². The molecular weight excluding hydrogens is 292 g/mol. The number of nitrogens with zero attached hydrogens (tertiary/aromatic N) is 1. The van der Waals surface area contributed by atoms with Gasteiger partial charge in [-0.2, -0.15) is 0 Å². The Balaban J connectivity index is 1.79. The SMILES string of the molecule is O=CNC1CCCC2C1=NC1CCC(Br)CCC12. The fourth-order valence-electron chi connectivity index (χ4n) is 4.06. The smallest absolute Gasteiger partial charge is 0.207 e. The molecule has 1 N–H and O–H groups in total. The minimum atomic E-state index is 0.230. The largest absolute Gasteiger partial charge is 0.351 e. The Morgan fingerprint density at radius 1 is 1.17 bits per heavy atom. The summed E-state index contributed by atoms with van der Waals surface area (Å²) in [6.07, 6.45) is 9.48. The summed E-state index contributed by atoms with van der Waals surface area (Å²) in [5.41, 5.74) is 1.32. The lowest BCUT2D eigenvalue weighted by Crippen LogP contribution is -2.42. The first-order chi connectivity index (χ1) is 8.79. The zero-order valence-corrected chi connectivity index (χ0v) is 12.2. The van der Waals surface area contributed by atoms with Crippen molar-refractivity contribution < 1.29 is 4.79 Å². The van der Waals surface area contributed by atoms with E-state index in [2.05, 4.69) is 21.2 Å². The molecule has 0 bridgehead atoms. The fraction of sp³-hybridized carbons (Fsp3) is 0.857. The van der Waals surface area contributed by atoms with Crippen LogP contribution in [0.2, 0.25) is 0 Å². The van der Waals surface area contributed by atoms with Crippen LogP contribution >= 0.6 is 15.9 Å². The number of aliphatic imine (C=N–C) groups is 1. The van der Waals surface area contributed by atoms with E-state index in [1.807, 2.05) is 0 Å². The Kier molecular flexibility index (Phi) is 3.73. The molecule has 0 aromatic heterocycles. The van der Waals surface area contributed by atoms with Crippen LogP contribution in [0.4, 0.5) is 0 Å². The Labute approximate surface area is 117 Å². The molecule has 1 heterocycles. The van der Waals surface area contributed by atoms with Gasteiger partial charge in [0.1, 0.15) is 0 Å². The number of fused-ring (bicyclic) bond motifs is 3. The number of hydrogen-bond donors (Lipinski definition) is 1. The third-order valence-corrected chi connectivity index (χ3v) is 5.84. The van der Waals surface area contributed by atoms with E-state index in [4.69, 9.17) is 4.99 Å². The average Bonchev–Trinajstić information content (AvgIpc) is 2.63. The van der Waals surface area contributed by atoms with Gasteiger partial charge in [0, 0.05) is 16.5 Å². The van der Waals surface area contributed by atoms with E-state index in [9.17, 15) is 4.79 Å². The minimum absolute atomic E-state index is 0.230. The van der Waals surface area contributed by atoms with Crippen molar-refractivity contribution >= 4 is 28.1 Å². The van der Waals surface area contributed by atoms with Crippen molar-refractivity contribution in [1.29, 1.82) is 0 Å². The van der Waals surface area contributed by atoms with Gasteiger partial charge in [-0.1, -0.05) is 22.4 Å². The van der Waals surface area contributed by atoms with Crippen LogP contribution in [0.5, 0.6) is 0 Å². The summed E-state index contributed by atoms with van der Waals surface area (Å²) < 4.78 is 0. The van der Waals surface area contributed by atoms with Crippen molar-refractivity contribution in [2.45, 2.75) is 61.9 Å². The van der Waals surface area contributed by atoms with Gasteiger partial charge in [0.2, 0.25) is 6.41 Å². The van der Waals surface area contributed by atoms with E-state index < -0.39 is 0 Å². The van der Waals surface area contributed by atoms with Gasteiger partial charge >= 0.3 is 0 Å². The van der Waals surface area contributed by atoms with Crippen molar-refractivity contribution in [3.05, 3.63) is 0 Å². The topological polar surface area (TPSA) is 41.5 Å². The van der Waals surface area contributed by atoms with E-state index in [1.165, 1.54) is 44.2 Å². The van der Waals surface area contributed by atoms with E-state index in [-0.39, 0.29) is 6.04 Å². The maximum atomic E-state index is 10.7. The Bertz CT molecular complexity index is 358. The maximum absolute atomic E-state index is 10.7. The number of nitrogens with one attached hydrogen (secondary N) is 1. The first kappa shape index (κ1) is 12.6. The van der Waals surface area contributed by atoms with Crippen molar-refractivity contribution in [3.63, 3.8) is 0 Å². The normalized spacial score (nSPS) is 43.4. The molecule has 0 saturated heterocycles. The lowest BCUT2D eigenvalue weighted by Gasteiger charge is -2.31. The molecule has 4 heteroatoms. The summed E-state index contributed by atoms with van der Waals surface area (Å²) in [5.74, 6) is 1.40. The van der Waals surface area contributed by atoms with Crippen LogP contribution < -0.4 is 5.32 Å². The van der Waals surface area contributed by atoms with Crippen LogP contribution in [0, 0.1) is 11.8 Å². The second kappa shape index (κ2) is 5.32. The third kappa shape index (κ3) is 2.24. The van der Waals surface area contributed by atoms with Crippen molar-refractivity contribution in [3.8, 4) is 0 Å². The van der Waals surface area contributed by atoms with E-state index in [0.717, 1.165) is 18.7 Å². The first-order valence-corrected chi connectivity index (χ1v) is 8.12. The monoisotopic (exact) mass is 312 g/mol. The zero-order valence-electron chi connectivity index (χ0n) is 10.6. The molecule has 3 rings (SSSR count). The summed E-state index contributed by atoms with van der Waals surface area (Å²) in [6.45, 7) is 0. The Morgan fingerprint density at radius 2 is 2.00 bits per heavy atom. The second-order valence-corrected chi connectivity index (χ2v) is 7.21. The molecule has 18 heavy (non-hydrogen) atoms. The molecule has 2 saturated carbocycles. The summed E-state index contributed by atoms with van der Waals surface area (Å²) in [7, 11) is 0. The molecule has 5 unspecified atom stereocenters. The van der Waals surface area contributed by atoms with Gasteiger partial charge in [-0.05, 0) is 44.4 Å². The molecule has 0 aromatic carbocycles. The van der Waals surface area contributed by atoms with Crippen molar-refractivity contribution in [2.75, 3.05) is 0 Å². The van der Waals surface area contributed by atoms with Crippen LogP contribution in [-0.4, -0.2) is 29.0 Å². The Hall–Kier alpha value is -0.380. The first-order valence-electron chi connectivity index (χ1n) is 7.21. The molecule has 0 spiro atoms. The average molecular weight is 313 g/mol. The minimum Gasteiger partial charge on any atom is -0.351 e. The number of rotatable bonds is 2. The van der Waals surface area contributed by atoms with Gasteiger partial charge in [0.25, 0.3) is 0 Å². The predicted molar refractivity (Wildman–Crippen MR) is 76.2 cm³/mol. The Morgan fingerprint density at radius 3 is 2.83 bits per heavy atom. The van der Waals surface area contributed by atoms with Gasteiger partial charge in [-0.3, -0.25) is 9.79 Å². The fourth-order valence-corrected chi connectivity index (χ4v) is 4.59. The standard InChI is InChI=1S/C14H21BrN2O/c15-9-4-6-10-11-2-1-3-13(16-8-18)14(11)17-12(10)7-5-9/h8-13H,1-7H2,(H,16,18). The predicted octanol–water partition coefficient (Wildman–Crippen LogP) is 2.68. The van der Waals surface area contributed by atoms with E-state index in [1.54, 1.807) is 0 Å². The maximum Gasteiger partial charge on any atom is 0.207 e. The molecule has 5 atom stereocenters. The highest BCUT2D eigenvalue weighted by atomic mass is 79.9. The molecule has 3 nitrogen and oxygen atoms in total. The third-order valence-electron chi connectivity index (χ3n) is 4.93. The summed E-state index contributed by atoms with van der Waals surface area (Å²) in [5, 5.41) is 2.97. The molecule has 100 valence electrons. The molecule has 3 aliphatic rings. The van der Waals surface area contributed by atoms with Gasteiger partial charge < -0.3 is 5.32 Å². The number of halogens is 1. The van der Waals surface area contributed by atoms with Crippen molar-refractivity contribution in [2.24, 2.45) is 16.8 Å². The van der Waals surface area contributed by atoms with Crippen LogP contribution in [-0.2, 0) is 4.79 Å². The van der Waals surface area contributed by atoms with E-state index >= 15 is 0 Å². The number of alkyl halides is 1. The summed E-state index contributed by atoms with van der Waals surface area (Å²) in [6, 6.07) is 0.759. The molecule has 0 aromatic rings. The van der Waals surface area contributed by atoms with Crippen LogP contribution in [0.15, 0.2) is 4.99 Å². The summed E-state index contributed by atoms with van der Waals surface area (Å²) in [4.78, 5) is 16.4. The summed E-state index contributed by atoms with van der Waals surface area (Å²) >= 11 is 3.76. The van der Waals surface area contributed by atoms with Crippen LogP contribution in [0.3, 0.4) is 0 Å². The van der Waals surface area contributed by atoms with Crippen LogP contribution in [0.25, 0.3) is 0 Å². The van der Waals surface area contributed by atoms with Gasteiger partial charge in [-0.15, -0.1) is 0 Å². The highest BCUT2D eigenvalue weighted by molar-refractivity contribution is 9.09. The van der Waals surface area contributed by atoms with Gasteiger partial charge in [0.15, 0.2) is 0 Å². The number of hydrogen-bond acceptors (Lipinski definition) is 2. The highest BCUT2D eigenvalue weighted by Crippen LogP contribution is 2.43. The molecule has 2 fully saturated rings. The second-order valence-electron chi connectivity index (χ2n) is 5.91. The number of carbonyl (C=O) groups is 1. The zero-order chi connectivity index (χ0) is 12.5. The number of carbonyl (C=O) groups excluding carboxylic acids is 1. The van der Waals surface area contributed by atoms with Gasteiger partial charge in [0.05, 0.1) is 12.1 Å². The molecule has 2 aliphatic carbocycles. The molecule has 0 radical (unpaired) electrons. The lowest BCUT2D eigenvalue weighted by molar-refractivity contribution is -0.109. The van der Waals surface area contributed by atoms with Crippen LogP contribution in [0.1, 0.15) is 44.9 Å². The lowest BCUT2D eigenvalue weighted by atomic mass is 9.75. The molecular formula is C14H21BrN2O. The highest BCUT2D eigenvalue weighted by Gasteiger charge is 2.43. The molecule has 1 amide bonds. The van der Waals surface area contributed by atoms with Gasteiger partial charge in [-0.25, -0.2) is 0 Å². The number of amides is 1. The quantitative estimate of drug-likeness (QED) is 0.618. The van der Waals surface area contributed by atoms with Crippen molar-refractivity contribution in [1.82, 2.24) is 5.32 Å².